The van der Waals surface area contributed by atoms with Gasteiger partial charge in [0.05, 0.1) is 6.54 Å². The van der Waals surface area contributed by atoms with Crippen LogP contribution in [-0.4, -0.2) is 44.6 Å². The molecule has 10 heteroatoms. The highest BCUT2D eigenvalue weighted by Gasteiger charge is 2.48. The van der Waals surface area contributed by atoms with Crippen LogP contribution in [0.5, 0.6) is 5.75 Å². The molecule has 8 nitrogen and oxygen atoms in total. The number of halogens is 2. The summed E-state index contributed by atoms with van der Waals surface area (Å²) < 4.78 is 28.3. The Morgan fingerprint density at radius 3 is 2.78 bits per heavy atom. The second kappa shape index (κ2) is 7.70. The lowest BCUT2D eigenvalue weighted by atomic mass is 9.91. The van der Waals surface area contributed by atoms with E-state index in [9.17, 15) is 28.3 Å². The molecule has 1 aromatic heterocycles. The van der Waals surface area contributed by atoms with Crippen molar-refractivity contribution in [2.75, 3.05) is 0 Å². The summed E-state index contributed by atoms with van der Waals surface area (Å²) in [5.41, 5.74) is -1.40. The zero-order valence-electron chi connectivity index (χ0n) is 17.1. The van der Waals surface area contributed by atoms with Crippen LogP contribution in [0.1, 0.15) is 52.1 Å². The van der Waals surface area contributed by atoms with Gasteiger partial charge >= 0.3 is 0 Å². The van der Waals surface area contributed by atoms with Crippen LogP contribution in [0.15, 0.2) is 29.2 Å². The maximum Gasteiger partial charge on any atom is 0.276 e. The molecule has 32 heavy (non-hydrogen) atoms. The number of amides is 2. The Morgan fingerprint density at radius 2 is 2.00 bits per heavy atom. The number of benzene rings is 1. The average molecular weight is 444 g/mol. The minimum Gasteiger partial charge on any atom is -0.503 e. The maximum absolute atomic E-state index is 13.8. The Morgan fingerprint density at radius 1 is 1.22 bits per heavy atom. The second-order valence-corrected chi connectivity index (χ2v) is 8.49. The van der Waals surface area contributed by atoms with Crippen LogP contribution in [0.2, 0.25) is 0 Å². The van der Waals surface area contributed by atoms with Crippen molar-refractivity contribution in [3.8, 4) is 5.75 Å². The molecule has 2 fully saturated rings. The number of hydrogen-bond acceptors (Lipinski definition) is 5. The SMILES string of the molecule is O=C(NCc1ccc(F)cc1F)c1cn2c(c(O)c1=O)C(=O)N1[C@@H](C2)NC2CCCC[C@@H]21. The van der Waals surface area contributed by atoms with Gasteiger partial charge in [0.25, 0.3) is 11.8 Å². The van der Waals surface area contributed by atoms with Crippen LogP contribution in [0.3, 0.4) is 0 Å². The highest BCUT2D eigenvalue weighted by molar-refractivity contribution is 5.99. The van der Waals surface area contributed by atoms with Gasteiger partial charge in [-0.1, -0.05) is 18.9 Å². The van der Waals surface area contributed by atoms with Crippen LogP contribution in [0.4, 0.5) is 8.78 Å². The van der Waals surface area contributed by atoms with E-state index < -0.39 is 34.6 Å². The maximum atomic E-state index is 13.8. The van der Waals surface area contributed by atoms with E-state index in [0.29, 0.717) is 6.07 Å². The van der Waals surface area contributed by atoms with Gasteiger partial charge in [0, 0.05) is 36.5 Å². The summed E-state index contributed by atoms with van der Waals surface area (Å²) in [6, 6.07) is 3.16. The van der Waals surface area contributed by atoms with Crippen LogP contribution < -0.4 is 16.1 Å². The lowest BCUT2D eigenvalue weighted by Crippen LogP contribution is -2.51. The summed E-state index contributed by atoms with van der Waals surface area (Å²) in [6.07, 6.45) is 4.90. The zero-order chi connectivity index (χ0) is 22.6. The van der Waals surface area contributed by atoms with Gasteiger partial charge in [-0.25, -0.2) is 8.78 Å². The quantitative estimate of drug-likeness (QED) is 0.665. The molecular weight excluding hydrogens is 422 g/mol. The number of carbonyl (C=O) groups excluding carboxylic acids is 2. The fourth-order valence-corrected chi connectivity index (χ4v) is 5.05. The van der Waals surface area contributed by atoms with E-state index >= 15 is 0 Å². The average Bonchev–Trinajstić information content (AvgIpc) is 3.14. The zero-order valence-corrected chi connectivity index (χ0v) is 17.1. The number of hydrogen-bond donors (Lipinski definition) is 3. The largest absolute Gasteiger partial charge is 0.503 e. The second-order valence-electron chi connectivity index (χ2n) is 8.49. The lowest BCUT2D eigenvalue weighted by Gasteiger charge is -2.37. The van der Waals surface area contributed by atoms with Crippen LogP contribution in [0, 0.1) is 11.6 Å². The molecule has 2 aliphatic heterocycles. The molecule has 0 radical (unpaired) electrons. The molecule has 3 N–H and O–H groups in total. The van der Waals surface area contributed by atoms with E-state index in [1.54, 1.807) is 4.90 Å². The number of fused-ring (bicyclic) bond motifs is 4. The molecule has 2 aromatic rings. The number of carbonyl (C=O) groups is 2. The number of nitrogens with zero attached hydrogens (tertiary/aromatic N) is 2. The Balaban J connectivity index is 1.42. The van der Waals surface area contributed by atoms with Gasteiger partial charge in [0.2, 0.25) is 5.43 Å². The van der Waals surface area contributed by atoms with Crippen LogP contribution in [0.25, 0.3) is 0 Å². The van der Waals surface area contributed by atoms with Crippen molar-refractivity contribution in [3.63, 3.8) is 0 Å². The van der Waals surface area contributed by atoms with Gasteiger partial charge in [-0.15, -0.1) is 0 Å². The van der Waals surface area contributed by atoms with Gasteiger partial charge in [-0.05, 0) is 18.9 Å². The fraction of sp³-hybridized carbons (Fsp3) is 0.409. The summed E-state index contributed by atoms with van der Waals surface area (Å²) >= 11 is 0. The molecule has 0 spiro atoms. The lowest BCUT2D eigenvalue weighted by molar-refractivity contribution is 0.0544. The molecule has 3 aliphatic rings. The first-order valence-electron chi connectivity index (χ1n) is 10.6. The summed E-state index contributed by atoms with van der Waals surface area (Å²) in [5.74, 6) is -3.59. The minimum absolute atomic E-state index is 0.0260. The van der Waals surface area contributed by atoms with Gasteiger partial charge in [0.15, 0.2) is 11.4 Å². The van der Waals surface area contributed by atoms with Crippen molar-refractivity contribution in [2.45, 2.75) is 57.0 Å². The number of rotatable bonds is 3. The first-order valence-corrected chi connectivity index (χ1v) is 10.6. The third-order valence-corrected chi connectivity index (χ3v) is 6.59. The van der Waals surface area contributed by atoms with Crippen molar-refractivity contribution in [3.05, 3.63) is 63.1 Å². The minimum atomic E-state index is -0.965. The molecule has 1 unspecified atom stereocenters. The monoisotopic (exact) mass is 444 g/mol. The van der Waals surface area contributed by atoms with E-state index in [0.717, 1.165) is 31.7 Å². The summed E-state index contributed by atoms with van der Waals surface area (Å²) in [6.45, 7) is 0.0158. The number of aromatic hydroxyl groups is 1. The number of pyridine rings is 1. The Kier molecular flexibility index (Phi) is 4.96. The third kappa shape index (κ3) is 3.26. The van der Waals surface area contributed by atoms with Crippen molar-refractivity contribution >= 4 is 11.8 Å². The normalized spacial score (nSPS) is 24.0. The Hall–Kier alpha value is -3.27. The van der Waals surface area contributed by atoms with E-state index in [-0.39, 0.29) is 48.2 Å². The molecule has 1 aromatic carbocycles. The molecule has 2 amide bonds. The molecule has 1 aliphatic carbocycles. The van der Waals surface area contributed by atoms with Gasteiger partial charge in [-0.3, -0.25) is 19.7 Å². The number of aromatic nitrogens is 1. The standard InChI is InChI=1S/C22H22F2N4O4/c23-12-6-5-11(14(24)7-12)8-25-21(31)13-9-27-10-17-26-15-3-1-2-4-16(15)28(17)22(32)18(27)20(30)19(13)29/h5-7,9,15-17,26,30H,1-4,8,10H2,(H,25,31)/t15?,16-,17-/m0/s1. The number of nitrogens with one attached hydrogen (secondary N) is 2. The summed E-state index contributed by atoms with van der Waals surface area (Å²) in [7, 11) is 0. The van der Waals surface area contributed by atoms with Crippen molar-refractivity contribution < 1.29 is 23.5 Å². The fourth-order valence-electron chi connectivity index (χ4n) is 5.05. The van der Waals surface area contributed by atoms with E-state index in [4.69, 9.17) is 0 Å². The Labute approximate surface area is 181 Å². The smallest absolute Gasteiger partial charge is 0.276 e. The molecule has 0 bridgehead atoms. The predicted molar refractivity (Wildman–Crippen MR) is 109 cm³/mol. The van der Waals surface area contributed by atoms with E-state index in [1.165, 1.54) is 16.8 Å². The first-order chi connectivity index (χ1) is 15.3. The highest BCUT2D eigenvalue weighted by atomic mass is 19.1. The molecule has 3 atom stereocenters. The van der Waals surface area contributed by atoms with Crippen LogP contribution >= 0.6 is 0 Å². The van der Waals surface area contributed by atoms with E-state index in [2.05, 4.69) is 10.6 Å². The highest BCUT2D eigenvalue weighted by Crippen LogP contribution is 2.35. The van der Waals surface area contributed by atoms with Gasteiger partial charge in [0.1, 0.15) is 23.4 Å². The third-order valence-electron chi connectivity index (χ3n) is 6.59. The van der Waals surface area contributed by atoms with E-state index in [1.807, 2.05) is 0 Å². The van der Waals surface area contributed by atoms with Gasteiger partial charge < -0.3 is 19.9 Å². The van der Waals surface area contributed by atoms with Gasteiger partial charge in [-0.2, -0.15) is 0 Å². The molecule has 1 saturated carbocycles. The summed E-state index contributed by atoms with van der Waals surface area (Å²) in [5, 5.41) is 16.4. The molecule has 1 saturated heterocycles. The summed E-state index contributed by atoms with van der Waals surface area (Å²) in [4.78, 5) is 40.2. The van der Waals surface area contributed by atoms with Crippen LogP contribution in [-0.2, 0) is 13.1 Å². The molecular formula is C22H22F2N4O4. The van der Waals surface area contributed by atoms with Crippen molar-refractivity contribution in [1.82, 2.24) is 20.1 Å². The Bertz CT molecular complexity index is 1180. The van der Waals surface area contributed by atoms with Crippen molar-refractivity contribution in [2.24, 2.45) is 0 Å². The molecule has 3 heterocycles. The van der Waals surface area contributed by atoms with Crippen molar-refractivity contribution in [1.29, 1.82) is 0 Å². The first kappa shape index (κ1) is 20.6. The molecule has 168 valence electrons. The predicted octanol–water partition coefficient (Wildman–Crippen LogP) is 1.46. The topological polar surface area (TPSA) is 104 Å². The molecule has 5 rings (SSSR count).